The van der Waals surface area contributed by atoms with Crippen LogP contribution in [0.3, 0.4) is 0 Å². The standard InChI is InChI=1S/C14H28O2S/c1-17-14-16-13-11-9-7-5-3-2-4-6-8-10-12-15/h12H,2-11,13-14H2,1H3. The van der Waals surface area contributed by atoms with Crippen molar-refractivity contribution in [1.82, 2.24) is 0 Å². The zero-order valence-electron chi connectivity index (χ0n) is 11.3. The van der Waals surface area contributed by atoms with Crippen molar-refractivity contribution in [1.29, 1.82) is 0 Å². The van der Waals surface area contributed by atoms with Crippen LogP contribution in [0.4, 0.5) is 0 Å². The van der Waals surface area contributed by atoms with E-state index in [9.17, 15) is 4.79 Å². The molecule has 0 aromatic carbocycles. The van der Waals surface area contributed by atoms with Gasteiger partial charge in [-0.05, 0) is 19.1 Å². The molecule has 0 aliphatic carbocycles. The fourth-order valence-corrected chi connectivity index (χ4v) is 2.10. The Hall–Kier alpha value is -0.0200. The number of hydrogen-bond donors (Lipinski definition) is 0. The Bertz CT molecular complexity index is 151. The van der Waals surface area contributed by atoms with Crippen molar-refractivity contribution in [2.24, 2.45) is 0 Å². The van der Waals surface area contributed by atoms with Gasteiger partial charge in [0.15, 0.2) is 0 Å². The predicted octanol–water partition coefficient (Wildman–Crippen LogP) is 4.42. The molecule has 0 saturated carbocycles. The Labute approximate surface area is 111 Å². The summed E-state index contributed by atoms with van der Waals surface area (Å²) in [5.41, 5.74) is 0. The first-order valence-corrected chi connectivity index (χ1v) is 8.31. The molecule has 3 heteroatoms. The van der Waals surface area contributed by atoms with Gasteiger partial charge < -0.3 is 9.53 Å². The van der Waals surface area contributed by atoms with E-state index < -0.39 is 0 Å². The number of carbonyl (C=O) groups is 1. The summed E-state index contributed by atoms with van der Waals surface area (Å²) >= 11 is 1.74. The summed E-state index contributed by atoms with van der Waals surface area (Å²) < 4.78 is 5.40. The van der Waals surface area contributed by atoms with Gasteiger partial charge in [0.2, 0.25) is 0 Å². The molecule has 0 N–H and O–H groups in total. The van der Waals surface area contributed by atoms with Gasteiger partial charge in [0.05, 0.1) is 5.94 Å². The number of hydrogen-bond acceptors (Lipinski definition) is 3. The molecule has 0 atom stereocenters. The first-order valence-electron chi connectivity index (χ1n) is 6.92. The van der Waals surface area contributed by atoms with Crippen LogP contribution in [0.5, 0.6) is 0 Å². The Morgan fingerprint density at radius 2 is 1.41 bits per heavy atom. The lowest BCUT2D eigenvalue weighted by Crippen LogP contribution is -1.93. The van der Waals surface area contributed by atoms with E-state index in [-0.39, 0.29) is 0 Å². The summed E-state index contributed by atoms with van der Waals surface area (Å²) in [5.74, 6) is 0.834. The molecule has 0 aromatic heterocycles. The third kappa shape index (κ3) is 16.0. The second-order valence-electron chi connectivity index (χ2n) is 4.45. The number of ether oxygens (including phenoxy) is 1. The first kappa shape index (κ1) is 17.0. The van der Waals surface area contributed by atoms with Gasteiger partial charge in [0.25, 0.3) is 0 Å². The molecular formula is C14H28O2S. The molecule has 0 saturated heterocycles. The summed E-state index contributed by atoms with van der Waals surface area (Å²) in [7, 11) is 0. The smallest absolute Gasteiger partial charge is 0.119 e. The zero-order chi connectivity index (χ0) is 12.6. The quantitative estimate of drug-likeness (QED) is 0.263. The van der Waals surface area contributed by atoms with Crippen molar-refractivity contribution in [2.75, 3.05) is 18.8 Å². The molecule has 0 fully saturated rings. The molecule has 0 radical (unpaired) electrons. The predicted molar refractivity (Wildman–Crippen MR) is 76.6 cm³/mol. The van der Waals surface area contributed by atoms with Crippen LogP contribution in [-0.2, 0) is 9.53 Å². The van der Waals surface area contributed by atoms with Crippen LogP contribution in [0.25, 0.3) is 0 Å². The lowest BCUT2D eigenvalue weighted by atomic mass is 10.1. The van der Waals surface area contributed by atoms with Gasteiger partial charge in [-0.25, -0.2) is 0 Å². The van der Waals surface area contributed by atoms with Crippen molar-refractivity contribution in [3.05, 3.63) is 0 Å². The Balaban J connectivity index is 2.87. The van der Waals surface area contributed by atoms with Crippen LogP contribution >= 0.6 is 11.8 Å². The molecule has 0 bridgehead atoms. The number of rotatable bonds is 14. The highest BCUT2D eigenvalue weighted by Gasteiger charge is 1.93. The lowest BCUT2D eigenvalue weighted by Gasteiger charge is -2.03. The van der Waals surface area contributed by atoms with Gasteiger partial charge in [0.1, 0.15) is 6.29 Å². The van der Waals surface area contributed by atoms with E-state index >= 15 is 0 Å². The average Bonchev–Trinajstić information content (AvgIpc) is 2.35. The number of aldehydes is 1. The molecular weight excluding hydrogens is 232 g/mol. The second kappa shape index (κ2) is 16.0. The van der Waals surface area contributed by atoms with Crippen LogP contribution in [0.15, 0.2) is 0 Å². The third-order valence-electron chi connectivity index (χ3n) is 2.81. The topological polar surface area (TPSA) is 26.3 Å². The fourth-order valence-electron chi connectivity index (χ4n) is 1.81. The van der Waals surface area contributed by atoms with Crippen molar-refractivity contribution in [2.45, 2.75) is 64.2 Å². The van der Waals surface area contributed by atoms with Crippen LogP contribution in [0.1, 0.15) is 64.2 Å². The molecule has 0 aliphatic heterocycles. The maximum atomic E-state index is 10.1. The Morgan fingerprint density at radius 3 is 1.94 bits per heavy atom. The minimum atomic E-state index is 0.746. The van der Waals surface area contributed by atoms with E-state index in [2.05, 4.69) is 6.26 Å². The maximum Gasteiger partial charge on any atom is 0.119 e. The number of thioether (sulfide) groups is 1. The highest BCUT2D eigenvalue weighted by Crippen LogP contribution is 2.10. The highest BCUT2D eigenvalue weighted by molar-refractivity contribution is 7.98. The molecule has 102 valence electrons. The van der Waals surface area contributed by atoms with Crippen molar-refractivity contribution in [3.63, 3.8) is 0 Å². The molecule has 0 aliphatic rings. The minimum Gasteiger partial charge on any atom is -0.371 e. The maximum absolute atomic E-state index is 10.1. The normalized spacial score (nSPS) is 10.6. The highest BCUT2D eigenvalue weighted by atomic mass is 32.2. The van der Waals surface area contributed by atoms with E-state index in [4.69, 9.17) is 4.74 Å². The van der Waals surface area contributed by atoms with E-state index in [1.165, 1.54) is 51.4 Å². The van der Waals surface area contributed by atoms with E-state index in [0.29, 0.717) is 0 Å². The molecule has 0 aromatic rings. The molecule has 0 unspecified atom stereocenters. The van der Waals surface area contributed by atoms with Gasteiger partial charge in [-0.3, -0.25) is 0 Å². The fraction of sp³-hybridized carbons (Fsp3) is 0.929. The van der Waals surface area contributed by atoms with Gasteiger partial charge >= 0.3 is 0 Å². The summed E-state index contributed by atoms with van der Waals surface area (Å²) in [6.07, 6.45) is 15.3. The summed E-state index contributed by atoms with van der Waals surface area (Å²) in [5, 5.41) is 0. The molecule has 0 spiro atoms. The van der Waals surface area contributed by atoms with Gasteiger partial charge in [-0.15, -0.1) is 11.8 Å². The molecule has 2 nitrogen and oxygen atoms in total. The van der Waals surface area contributed by atoms with E-state index in [1.807, 2.05) is 0 Å². The number of unbranched alkanes of at least 4 members (excludes halogenated alkanes) is 9. The summed E-state index contributed by atoms with van der Waals surface area (Å²) in [6, 6.07) is 0. The molecule has 0 heterocycles. The monoisotopic (exact) mass is 260 g/mol. The third-order valence-corrected chi connectivity index (χ3v) is 3.21. The number of carbonyl (C=O) groups excluding carboxylic acids is 1. The van der Waals surface area contributed by atoms with Gasteiger partial charge in [-0.1, -0.05) is 44.9 Å². The molecule has 0 amide bonds. The minimum absolute atomic E-state index is 0.746. The Morgan fingerprint density at radius 1 is 0.882 bits per heavy atom. The van der Waals surface area contributed by atoms with E-state index in [0.717, 1.165) is 31.7 Å². The van der Waals surface area contributed by atoms with Crippen molar-refractivity contribution >= 4 is 18.0 Å². The first-order chi connectivity index (χ1) is 8.41. The van der Waals surface area contributed by atoms with Crippen molar-refractivity contribution in [3.8, 4) is 0 Å². The lowest BCUT2D eigenvalue weighted by molar-refractivity contribution is -0.107. The zero-order valence-corrected chi connectivity index (χ0v) is 12.1. The second-order valence-corrected chi connectivity index (χ2v) is 5.27. The van der Waals surface area contributed by atoms with Gasteiger partial charge in [-0.2, -0.15) is 0 Å². The van der Waals surface area contributed by atoms with Gasteiger partial charge in [0, 0.05) is 13.0 Å². The Kier molecular flexibility index (Phi) is 16.0. The SMILES string of the molecule is CSCOCCCCCCCCCCCC=O. The van der Waals surface area contributed by atoms with Crippen LogP contribution < -0.4 is 0 Å². The molecule has 0 rings (SSSR count). The van der Waals surface area contributed by atoms with Crippen LogP contribution in [-0.4, -0.2) is 25.1 Å². The van der Waals surface area contributed by atoms with Crippen molar-refractivity contribution < 1.29 is 9.53 Å². The van der Waals surface area contributed by atoms with Crippen LogP contribution in [0.2, 0.25) is 0 Å². The van der Waals surface area contributed by atoms with E-state index in [1.54, 1.807) is 11.8 Å². The average molecular weight is 260 g/mol. The largest absolute Gasteiger partial charge is 0.371 e. The molecule has 17 heavy (non-hydrogen) atoms. The summed E-state index contributed by atoms with van der Waals surface area (Å²) in [4.78, 5) is 10.1. The van der Waals surface area contributed by atoms with Crippen LogP contribution in [0, 0.1) is 0 Å². The summed E-state index contributed by atoms with van der Waals surface area (Å²) in [6.45, 7) is 0.923.